The fraction of sp³-hybridized carbons (Fsp3) is 0.821. The van der Waals surface area contributed by atoms with Gasteiger partial charge in [0.1, 0.15) is 6.54 Å². The highest BCUT2D eigenvalue weighted by Crippen LogP contribution is 2.17. The van der Waals surface area contributed by atoms with Gasteiger partial charge < -0.3 is 0 Å². The molecule has 0 saturated carbocycles. The minimum absolute atomic E-state index is 1.16. The van der Waals surface area contributed by atoms with Crippen LogP contribution in [0.1, 0.15) is 141 Å². The van der Waals surface area contributed by atoms with E-state index >= 15 is 0 Å². The second-order valence-corrected chi connectivity index (χ2v) is 9.18. The Bertz CT molecular complexity index is 479. The van der Waals surface area contributed by atoms with Gasteiger partial charge in [-0.15, -0.1) is 0 Å². The van der Waals surface area contributed by atoms with Crippen molar-refractivity contribution in [2.24, 2.45) is 0 Å². The molecule has 1 heterocycles. The van der Waals surface area contributed by atoms with Crippen molar-refractivity contribution in [2.75, 3.05) is 0 Å². The lowest BCUT2D eigenvalue weighted by Crippen LogP contribution is -2.33. The van der Waals surface area contributed by atoms with Crippen LogP contribution in [0.5, 0.6) is 0 Å². The van der Waals surface area contributed by atoms with Crippen LogP contribution < -0.4 is 4.57 Å². The van der Waals surface area contributed by atoms with E-state index in [4.69, 9.17) is 0 Å². The average Bonchev–Trinajstić information content (AvgIpc) is 2.73. The van der Waals surface area contributed by atoms with Gasteiger partial charge in [0.05, 0.1) is 0 Å². The normalized spacial score (nSPS) is 11.3. The van der Waals surface area contributed by atoms with Crippen LogP contribution in [0.15, 0.2) is 18.5 Å². The predicted octanol–water partition coefficient (Wildman–Crippen LogP) is 8.75. The third-order valence-electron chi connectivity index (χ3n) is 6.28. The molecule has 1 aromatic heterocycles. The molecule has 0 bridgehead atoms. The number of aryl methyl sites for hydroxylation is 3. The summed E-state index contributed by atoms with van der Waals surface area (Å²) in [7, 11) is 0. The van der Waals surface area contributed by atoms with Gasteiger partial charge in [0.2, 0.25) is 0 Å². The molecule has 0 aliphatic carbocycles. The molecule has 0 unspecified atom stereocenters. The average molecular weight is 403 g/mol. The highest BCUT2D eigenvalue weighted by Gasteiger charge is 2.09. The number of aromatic nitrogens is 1. The zero-order valence-electron chi connectivity index (χ0n) is 20.3. The van der Waals surface area contributed by atoms with Gasteiger partial charge in [0.25, 0.3) is 0 Å². The van der Waals surface area contributed by atoms with Crippen LogP contribution in [0.4, 0.5) is 0 Å². The Morgan fingerprint density at radius 2 is 0.966 bits per heavy atom. The van der Waals surface area contributed by atoms with Crippen molar-refractivity contribution >= 4 is 0 Å². The summed E-state index contributed by atoms with van der Waals surface area (Å²) in [5.41, 5.74) is 3.26. The van der Waals surface area contributed by atoms with Gasteiger partial charge >= 0.3 is 0 Å². The van der Waals surface area contributed by atoms with E-state index < -0.39 is 0 Å². The molecule has 168 valence electrons. The van der Waals surface area contributed by atoms with E-state index in [1.165, 1.54) is 122 Å². The van der Waals surface area contributed by atoms with Crippen LogP contribution in [0.3, 0.4) is 0 Å². The van der Waals surface area contributed by atoms with E-state index in [1.807, 2.05) is 0 Å². The fourth-order valence-electron chi connectivity index (χ4n) is 4.38. The first kappa shape index (κ1) is 26.2. The largest absolute Gasteiger partial charge is 0.205 e. The van der Waals surface area contributed by atoms with Gasteiger partial charge in [-0.05, 0) is 31.2 Å². The summed E-state index contributed by atoms with van der Waals surface area (Å²) >= 11 is 0. The second kappa shape index (κ2) is 19.1. The van der Waals surface area contributed by atoms with Crippen LogP contribution in [0.25, 0.3) is 0 Å². The summed E-state index contributed by atoms with van der Waals surface area (Å²) < 4.78 is 2.41. The molecule has 0 spiro atoms. The third kappa shape index (κ3) is 13.9. The number of nitrogens with zero attached hydrogens (tertiary/aromatic N) is 1. The molecule has 0 aliphatic rings. The number of unbranched alkanes of at least 4 members (excludes halogenated alkanes) is 14. The summed E-state index contributed by atoms with van der Waals surface area (Å²) in [5, 5.41) is 0. The molecule has 29 heavy (non-hydrogen) atoms. The van der Waals surface area contributed by atoms with Gasteiger partial charge in [-0.1, -0.05) is 111 Å². The number of hydrogen-bond acceptors (Lipinski definition) is 0. The third-order valence-corrected chi connectivity index (χ3v) is 6.28. The highest BCUT2D eigenvalue weighted by atomic mass is 14.9. The molecule has 0 N–H and O–H groups in total. The molecule has 1 rings (SSSR count). The smallest absolute Gasteiger partial charge is 0.172 e. The topological polar surface area (TPSA) is 3.88 Å². The molecule has 1 nitrogen and oxygen atoms in total. The highest BCUT2D eigenvalue weighted by molar-refractivity contribution is 5.21. The molecular formula is C28H52N+. The van der Waals surface area contributed by atoms with E-state index in [2.05, 4.69) is 43.8 Å². The first-order chi connectivity index (χ1) is 14.3. The summed E-state index contributed by atoms with van der Waals surface area (Å²) in [4.78, 5) is 0. The Labute approximate surface area is 183 Å². The fourth-order valence-corrected chi connectivity index (χ4v) is 4.38. The lowest BCUT2D eigenvalue weighted by atomic mass is 9.97. The zero-order chi connectivity index (χ0) is 21.0. The minimum Gasteiger partial charge on any atom is -0.205 e. The molecule has 0 atom stereocenters. The Hall–Kier alpha value is -0.850. The molecule has 0 radical (unpaired) electrons. The quantitative estimate of drug-likeness (QED) is 0.151. The molecule has 1 aromatic rings. The number of pyridine rings is 1. The molecular weight excluding hydrogens is 350 g/mol. The summed E-state index contributed by atoms with van der Waals surface area (Å²) in [6.07, 6.45) is 31.2. The maximum atomic E-state index is 2.46. The first-order valence-corrected chi connectivity index (χ1v) is 13.3. The standard InChI is InChI=1S/C28H52N/c1-4-7-9-11-13-15-17-19-21-27-23-25-29(24-6-3)26-28(27)22-20-18-16-14-12-10-8-5-2/h23,25-26H,4-22,24H2,1-3H3/q+1. The van der Waals surface area contributed by atoms with Crippen LogP contribution >= 0.6 is 0 Å². The SMILES string of the molecule is CCCCCCCCCCc1cc[n+](CCC)cc1CCCCCCCCCC. The molecule has 1 heteroatoms. The van der Waals surface area contributed by atoms with Gasteiger partial charge in [-0.2, -0.15) is 0 Å². The van der Waals surface area contributed by atoms with E-state index in [1.54, 1.807) is 11.1 Å². The van der Waals surface area contributed by atoms with Crippen molar-refractivity contribution in [1.82, 2.24) is 0 Å². The molecule has 0 amide bonds. The van der Waals surface area contributed by atoms with E-state index in [9.17, 15) is 0 Å². The van der Waals surface area contributed by atoms with E-state index in [0.717, 1.165) is 6.54 Å². The Morgan fingerprint density at radius 3 is 1.45 bits per heavy atom. The van der Waals surface area contributed by atoms with E-state index in [0.29, 0.717) is 0 Å². The van der Waals surface area contributed by atoms with Gasteiger partial charge in [0, 0.05) is 18.1 Å². The predicted molar refractivity (Wildman–Crippen MR) is 130 cm³/mol. The van der Waals surface area contributed by atoms with Crippen molar-refractivity contribution in [3.8, 4) is 0 Å². The lowest BCUT2D eigenvalue weighted by Gasteiger charge is -2.09. The minimum atomic E-state index is 1.16. The maximum Gasteiger partial charge on any atom is 0.172 e. The van der Waals surface area contributed by atoms with Crippen LogP contribution in [-0.4, -0.2) is 0 Å². The number of hydrogen-bond donors (Lipinski definition) is 0. The van der Waals surface area contributed by atoms with E-state index in [-0.39, 0.29) is 0 Å². The van der Waals surface area contributed by atoms with Crippen LogP contribution in [0, 0.1) is 0 Å². The zero-order valence-corrected chi connectivity index (χ0v) is 20.3. The van der Waals surface area contributed by atoms with Crippen LogP contribution in [-0.2, 0) is 19.4 Å². The van der Waals surface area contributed by atoms with Crippen molar-refractivity contribution < 1.29 is 4.57 Å². The summed E-state index contributed by atoms with van der Waals surface area (Å²) in [6, 6.07) is 2.43. The Balaban J connectivity index is 2.32. The Morgan fingerprint density at radius 1 is 0.517 bits per heavy atom. The second-order valence-electron chi connectivity index (χ2n) is 9.18. The van der Waals surface area contributed by atoms with Crippen molar-refractivity contribution in [1.29, 1.82) is 0 Å². The maximum absolute atomic E-state index is 2.46. The summed E-state index contributed by atoms with van der Waals surface area (Å²) in [5.74, 6) is 0. The summed E-state index contributed by atoms with van der Waals surface area (Å²) in [6.45, 7) is 8.03. The molecule has 0 fully saturated rings. The van der Waals surface area contributed by atoms with Crippen molar-refractivity contribution in [3.05, 3.63) is 29.6 Å². The number of rotatable bonds is 20. The monoisotopic (exact) mass is 402 g/mol. The lowest BCUT2D eigenvalue weighted by molar-refractivity contribution is -0.697. The first-order valence-electron chi connectivity index (χ1n) is 13.3. The van der Waals surface area contributed by atoms with Gasteiger partial charge in [0.15, 0.2) is 12.4 Å². The molecule has 0 aliphatic heterocycles. The van der Waals surface area contributed by atoms with Crippen molar-refractivity contribution in [3.63, 3.8) is 0 Å². The molecule has 0 saturated heterocycles. The van der Waals surface area contributed by atoms with Gasteiger partial charge in [-0.3, -0.25) is 0 Å². The van der Waals surface area contributed by atoms with Crippen LogP contribution in [0.2, 0.25) is 0 Å². The van der Waals surface area contributed by atoms with Crippen molar-refractivity contribution in [2.45, 2.75) is 149 Å². The Kier molecular flexibility index (Phi) is 17.3. The molecule has 0 aromatic carbocycles. The van der Waals surface area contributed by atoms with Gasteiger partial charge in [-0.25, -0.2) is 4.57 Å².